The number of rotatable bonds is 4. The molecule has 0 saturated heterocycles. The van der Waals surface area contributed by atoms with Crippen molar-refractivity contribution >= 4 is 31.6 Å². The van der Waals surface area contributed by atoms with E-state index in [1.165, 1.54) is 12.1 Å². The van der Waals surface area contributed by atoms with Crippen molar-refractivity contribution < 1.29 is 8.42 Å². The van der Waals surface area contributed by atoms with Crippen LogP contribution in [0.5, 0.6) is 0 Å². The molecule has 0 unspecified atom stereocenters. The number of nitrogens with one attached hydrogen (secondary N) is 1. The molecule has 5 nitrogen and oxygen atoms in total. The molecule has 0 fully saturated rings. The molecule has 0 spiro atoms. The Morgan fingerprint density at radius 3 is 2.75 bits per heavy atom. The fraction of sp³-hybridized carbons (Fsp3) is 0.154. The average molecular weight is 356 g/mol. The van der Waals surface area contributed by atoms with E-state index < -0.39 is 10.0 Å². The Morgan fingerprint density at radius 1 is 1.35 bits per heavy atom. The van der Waals surface area contributed by atoms with Crippen molar-refractivity contribution in [2.75, 3.05) is 5.73 Å². The van der Waals surface area contributed by atoms with Crippen molar-refractivity contribution in [1.82, 2.24) is 9.71 Å². The highest BCUT2D eigenvalue weighted by Gasteiger charge is 2.15. The number of nitrogens with zero attached hydrogens (tertiary/aromatic N) is 1. The van der Waals surface area contributed by atoms with Crippen LogP contribution in [0, 0.1) is 6.92 Å². The zero-order valence-electron chi connectivity index (χ0n) is 10.8. The molecule has 0 saturated carbocycles. The van der Waals surface area contributed by atoms with Gasteiger partial charge in [0.2, 0.25) is 10.0 Å². The van der Waals surface area contributed by atoms with E-state index in [1.807, 2.05) is 6.92 Å². The summed E-state index contributed by atoms with van der Waals surface area (Å²) in [5.41, 5.74) is 7.90. The molecule has 0 aliphatic carbocycles. The Morgan fingerprint density at radius 2 is 2.10 bits per heavy atom. The van der Waals surface area contributed by atoms with Crippen LogP contribution in [-0.2, 0) is 16.6 Å². The van der Waals surface area contributed by atoms with Crippen LogP contribution in [0.4, 0.5) is 5.69 Å². The summed E-state index contributed by atoms with van der Waals surface area (Å²) in [6.07, 6.45) is 3.33. The van der Waals surface area contributed by atoms with Crippen LogP contribution in [0.15, 0.2) is 46.0 Å². The first-order chi connectivity index (χ1) is 9.40. The van der Waals surface area contributed by atoms with Crippen LogP contribution >= 0.6 is 15.9 Å². The van der Waals surface area contributed by atoms with Crippen LogP contribution in [0.3, 0.4) is 0 Å². The summed E-state index contributed by atoms with van der Waals surface area (Å²) in [6, 6.07) is 6.32. The number of aromatic nitrogens is 1. The fourth-order valence-electron chi connectivity index (χ4n) is 1.65. The molecule has 0 bridgehead atoms. The van der Waals surface area contributed by atoms with Gasteiger partial charge in [-0.1, -0.05) is 0 Å². The summed E-state index contributed by atoms with van der Waals surface area (Å²) in [4.78, 5) is 4.11. The third-order valence-electron chi connectivity index (χ3n) is 2.87. The number of nitrogens with two attached hydrogens (primary N) is 1. The van der Waals surface area contributed by atoms with Crippen molar-refractivity contribution in [2.24, 2.45) is 0 Å². The van der Waals surface area contributed by atoms with E-state index in [0.29, 0.717) is 10.2 Å². The second-order valence-corrected chi connectivity index (χ2v) is 6.93. The van der Waals surface area contributed by atoms with Crippen molar-refractivity contribution in [3.63, 3.8) is 0 Å². The highest BCUT2D eigenvalue weighted by Crippen LogP contribution is 2.22. The molecule has 0 aliphatic rings. The molecular formula is C13H14BrN3O2S. The standard InChI is InChI=1S/C13H14BrN3O2S/c1-9-7-16-5-4-10(9)8-17-20(18,19)11-2-3-12(14)13(15)6-11/h2-7,17H,8,15H2,1H3. The Balaban J connectivity index is 2.19. The minimum Gasteiger partial charge on any atom is -0.398 e. The molecule has 3 N–H and O–H groups in total. The lowest BCUT2D eigenvalue weighted by Gasteiger charge is -2.09. The second-order valence-electron chi connectivity index (χ2n) is 4.31. The zero-order chi connectivity index (χ0) is 14.8. The third kappa shape index (κ3) is 3.36. The number of anilines is 1. The molecule has 2 aromatic rings. The molecule has 7 heteroatoms. The lowest BCUT2D eigenvalue weighted by molar-refractivity contribution is 0.581. The lowest BCUT2D eigenvalue weighted by Crippen LogP contribution is -2.23. The van der Waals surface area contributed by atoms with E-state index in [4.69, 9.17) is 5.73 Å². The number of hydrogen-bond acceptors (Lipinski definition) is 4. The van der Waals surface area contributed by atoms with Gasteiger partial charge in [0.25, 0.3) is 0 Å². The average Bonchev–Trinajstić information content (AvgIpc) is 2.41. The van der Waals surface area contributed by atoms with E-state index in [1.54, 1.807) is 24.5 Å². The van der Waals surface area contributed by atoms with Gasteiger partial charge < -0.3 is 5.73 Å². The van der Waals surface area contributed by atoms with Crippen LogP contribution in [0.2, 0.25) is 0 Å². The van der Waals surface area contributed by atoms with Crippen LogP contribution in [-0.4, -0.2) is 13.4 Å². The Bertz CT molecular complexity index is 732. The molecule has 0 atom stereocenters. The maximum atomic E-state index is 12.2. The van der Waals surface area contributed by atoms with E-state index in [0.717, 1.165) is 11.1 Å². The number of hydrogen-bond donors (Lipinski definition) is 2. The van der Waals surface area contributed by atoms with Crippen LogP contribution < -0.4 is 10.5 Å². The predicted molar refractivity (Wildman–Crippen MR) is 81.6 cm³/mol. The largest absolute Gasteiger partial charge is 0.398 e. The molecule has 106 valence electrons. The number of halogens is 1. The van der Waals surface area contributed by atoms with Gasteiger partial charge in [-0.3, -0.25) is 4.98 Å². The summed E-state index contributed by atoms with van der Waals surface area (Å²) in [6.45, 7) is 2.10. The number of nitrogen functional groups attached to an aromatic ring is 1. The quantitative estimate of drug-likeness (QED) is 0.823. The smallest absolute Gasteiger partial charge is 0.240 e. The number of sulfonamides is 1. The van der Waals surface area contributed by atoms with Crippen LogP contribution in [0.25, 0.3) is 0 Å². The van der Waals surface area contributed by atoms with E-state index in [9.17, 15) is 8.42 Å². The van der Waals surface area contributed by atoms with Crippen molar-refractivity contribution in [3.8, 4) is 0 Å². The molecular weight excluding hydrogens is 342 g/mol. The van der Waals surface area contributed by atoms with E-state index in [-0.39, 0.29) is 11.4 Å². The fourth-order valence-corrected chi connectivity index (χ4v) is 2.93. The number of pyridine rings is 1. The maximum Gasteiger partial charge on any atom is 0.240 e. The molecule has 20 heavy (non-hydrogen) atoms. The normalized spacial score (nSPS) is 11.5. The van der Waals surface area contributed by atoms with Gasteiger partial charge in [0.1, 0.15) is 0 Å². The number of aryl methyl sites for hydroxylation is 1. The molecule has 1 aromatic heterocycles. The summed E-state index contributed by atoms with van der Waals surface area (Å²) in [5, 5.41) is 0. The molecule has 1 aromatic carbocycles. The Kier molecular flexibility index (Phi) is 4.42. The van der Waals surface area contributed by atoms with Crippen molar-refractivity contribution in [3.05, 3.63) is 52.3 Å². The van der Waals surface area contributed by atoms with Crippen molar-refractivity contribution in [2.45, 2.75) is 18.4 Å². The van der Waals surface area contributed by atoms with Gasteiger partial charge in [-0.15, -0.1) is 0 Å². The first-order valence-corrected chi connectivity index (χ1v) is 8.12. The molecule has 0 radical (unpaired) electrons. The molecule has 2 rings (SSSR count). The first-order valence-electron chi connectivity index (χ1n) is 5.84. The summed E-state index contributed by atoms with van der Waals surface area (Å²) >= 11 is 3.23. The minimum atomic E-state index is -3.59. The van der Waals surface area contributed by atoms with Gasteiger partial charge in [0.15, 0.2) is 0 Å². The Hall–Kier alpha value is -1.44. The third-order valence-corrected chi connectivity index (χ3v) is 4.99. The van der Waals surface area contributed by atoms with E-state index >= 15 is 0 Å². The summed E-state index contributed by atoms with van der Waals surface area (Å²) in [5.74, 6) is 0. The first kappa shape index (κ1) is 15.0. The Labute approximate surface area is 126 Å². The van der Waals surface area contributed by atoms with Gasteiger partial charge in [0, 0.05) is 29.1 Å². The van der Waals surface area contributed by atoms with Crippen molar-refractivity contribution in [1.29, 1.82) is 0 Å². The minimum absolute atomic E-state index is 0.143. The SMILES string of the molecule is Cc1cnccc1CNS(=O)(=O)c1ccc(Br)c(N)c1. The zero-order valence-corrected chi connectivity index (χ0v) is 13.2. The van der Waals surface area contributed by atoms with Gasteiger partial charge in [-0.25, -0.2) is 13.1 Å². The van der Waals surface area contributed by atoms with E-state index in [2.05, 4.69) is 25.6 Å². The molecule has 0 amide bonds. The molecule has 0 aliphatic heterocycles. The van der Waals surface area contributed by atoms with Crippen LogP contribution in [0.1, 0.15) is 11.1 Å². The van der Waals surface area contributed by atoms with Gasteiger partial charge in [-0.2, -0.15) is 0 Å². The predicted octanol–water partition coefficient (Wildman–Crippen LogP) is 2.21. The summed E-state index contributed by atoms with van der Waals surface area (Å²) < 4.78 is 27.6. The van der Waals surface area contributed by atoms with Gasteiger partial charge in [-0.05, 0) is 58.2 Å². The summed E-state index contributed by atoms with van der Waals surface area (Å²) in [7, 11) is -3.59. The monoisotopic (exact) mass is 355 g/mol. The van der Waals surface area contributed by atoms with Gasteiger partial charge in [0.05, 0.1) is 4.90 Å². The lowest BCUT2D eigenvalue weighted by atomic mass is 10.2. The van der Waals surface area contributed by atoms with Gasteiger partial charge >= 0.3 is 0 Å². The molecule has 1 heterocycles. The topological polar surface area (TPSA) is 85.1 Å². The maximum absolute atomic E-state index is 12.2. The highest BCUT2D eigenvalue weighted by molar-refractivity contribution is 9.10. The highest BCUT2D eigenvalue weighted by atomic mass is 79.9. The second kappa shape index (κ2) is 5.90. The number of benzene rings is 1.